The number of hydrogen-bond acceptors (Lipinski definition) is 4. The first-order chi connectivity index (χ1) is 11.4. The molecular weight excluding hydrogens is 328 g/mol. The molecule has 0 aliphatic carbocycles. The molecule has 2 saturated heterocycles. The summed E-state index contributed by atoms with van der Waals surface area (Å²) in [5, 5.41) is 2.90. The second-order valence-corrected chi connectivity index (χ2v) is 8.75. The first kappa shape index (κ1) is 17.0. The van der Waals surface area contributed by atoms with Crippen LogP contribution in [0.1, 0.15) is 42.5 Å². The number of carbonyl (C=O) groups is 2. The van der Waals surface area contributed by atoms with Gasteiger partial charge in [0.15, 0.2) is 0 Å². The fourth-order valence-electron chi connectivity index (χ4n) is 3.17. The van der Waals surface area contributed by atoms with Crippen molar-refractivity contribution in [3.05, 3.63) is 29.8 Å². The Morgan fingerprint density at radius 3 is 2.38 bits per heavy atom. The summed E-state index contributed by atoms with van der Waals surface area (Å²) in [5.74, 6) is 0.194. The van der Waals surface area contributed by atoms with Crippen LogP contribution in [0.4, 0.5) is 5.69 Å². The SMILES string of the molecule is O=C(NC1CCS(=O)(=O)CC1)c1ccc(N2CCCCC2=O)cc1. The van der Waals surface area contributed by atoms with Gasteiger partial charge in [0, 0.05) is 30.3 Å². The number of carbonyl (C=O) groups excluding carboxylic acids is 2. The standard InChI is InChI=1S/C17H22N2O4S/c20-16-3-1-2-10-19(16)15-6-4-13(5-7-15)17(21)18-14-8-11-24(22,23)12-9-14/h4-7,14H,1-3,8-12H2,(H,18,21). The minimum absolute atomic E-state index is 0.0932. The first-order valence-corrected chi connectivity index (χ1v) is 10.2. The van der Waals surface area contributed by atoms with Crippen molar-refractivity contribution < 1.29 is 18.0 Å². The van der Waals surface area contributed by atoms with Crippen LogP contribution in [0, 0.1) is 0 Å². The van der Waals surface area contributed by atoms with Crippen molar-refractivity contribution in [2.75, 3.05) is 23.0 Å². The minimum atomic E-state index is -2.93. The number of piperidine rings is 1. The van der Waals surface area contributed by atoms with Crippen molar-refractivity contribution in [1.82, 2.24) is 5.32 Å². The van der Waals surface area contributed by atoms with Gasteiger partial charge in [-0.1, -0.05) is 0 Å². The number of sulfone groups is 1. The Labute approximate surface area is 142 Å². The molecular formula is C17H22N2O4S. The molecule has 0 unspecified atom stereocenters. The van der Waals surface area contributed by atoms with E-state index in [2.05, 4.69) is 5.32 Å². The highest BCUT2D eigenvalue weighted by Crippen LogP contribution is 2.21. The summed E-state index contributed by atoms with van der Waals surface area (Å²) in [4.78, 5) is 26.0. The normalized spacial score (nSPS) is 21.5. The van der Waals surface area contributed by atoms with Gasteiger partial charge in [0.1, 0.15) is 9.84 Å². The molecule has 0 radical (unpaired) electrons. The molecule has 3 rings (SSSR count). The fourth-order valence-corrected chi connectivity index (χ4v) is 4.67. The van der Waals surface area contributed by atoms with Crippen LogP contribution in [0.3, 0.4) is 0 Å². The molecule has 0 atom stereocenters. The third kappa shape index (κ3) is 3.95. The minimum Gasteiger partial charge on any atom is -0.349 e. The van der Waals surface area contributed by atoms with Crippen molar-refractivity contribution in [3.8, 4) is 0 Å². The average Bonchev–Trinajstić information content (AvgIpc) is 2.57. The molecule has 6 nitrogen and oxygen atoms in total. The molecule has 24 heavy (non-hydrogen) atoms. The average molecular weight is 350 g/mol. The Morgan fingerprint density at radius 1 is 1.08 bits per heavy atom. The predicted molar refractivity (Wildman–Crippen MR) is 91.8 cm³/mol. The Kier molecular flexibility index (Phi) is 4.89. The molecule has 1 N–H and O–H groups in total. The molecule has 1 aromatic rings. The lowest BCUT2D eigenvalue weighted by Crippen LogP contribution is -2.40. The van der Waals surface area contributed by atoms with Gasteiger partial charge < -0.3 is 10.2 Å². The van der Waals surface area contributed by atoms with Crippen molar-refractivity contribution >= 4 is 27.3 Å². The maximum Gasteiger partial charge on any atom is 0.251 e. The van der Waals surface area contributed by atoms with Crippen molar-refractivity contribution in [1.29, 1.82) is 0 Å². The third-order valence-corrected chi connectivity index (χ3v) is 6.37. The number of nitrogens with one attached hydrogen (secondary N) is 1. The van der Waals surface area contributed by atoms with Gasteiger partial charge in [0.05, 0.1) is 11.5 Å². The number of anilines is 1. The van der Waals surface area contributed by atoms with Gasteiger partial charge >= 0.3 is 0 Å². The molecule has 0 spiro atoms. The molecule has 0 saturated carbocycles. The molecule has 0 aromatic heterocycles. The van der Waals surface area contributed by atoms with E-state index in [4.69, 9.17) is 0 Å². The Morgan fingerprint density at radius 2 is 1.75 bits per heavy atom. The predicted octanol–water partition coefficient (Wildman–Crippen LogP) is 1.51. The van der Waals surface area contributed by atoms with E-state index in [9.17, 15) is 18.0 Å². The van der Waals surface area contributed by atoms with Crippen LogP contribution in [-0.2, 0) is 14.6 Å². The summed E-state index contributed by atoms with van der Waals surface area (Å²) < 4.78 is 22.8. The van der Waals surface area contributed by atoms with Crippen LogP contribution in [-0.4, -0.2) is 44.3 Å². The van der Waals surface area contributed by atoms with Gasteiger partial charge in [-0.05, 0) is 49.9 Å². The van der Waals surface area contributed by atoms with Gasteiger partial charge in [0.2, 0.25) is 5.91 Å². The van der Waals surface area contributed by atoms with E-state index < -0.39 is 9.84 Å². The largest absolute Gasteiger partial charge is 0.349 e. The van der Waals surface area contributed by atoms with E-state index in [1.165, 1.54) is 0 Å². The second-order valence-electron chi connectivity index (χ2n) is 6.45. The lowest BCUT2D eigenvalue weighted by molar-refractivity contribution is -0.119. The summed E-state index contributed by atoms with van der Waals surface area (Å²) >= 11 is 0. The molecule has 2 aliphatic heterocycles. The number of hydrogen-bond donors (Lipinski definition) is 1. The maximum atomic E-state index is 12.3. The Bertz CT molecular complexity index is 713. The smallest absolute Gasteiger partial charge is 0.251 e. The number of amides is 2. The summed E-state index contributed by atoms with van der Waals surface area (Å²) in [7, 11) is -2.93. The van der Waals surface area contributed by atoms with Crippen molar-refractivity contribution in [2.45, 2.75) is 38.1 Å². The van der Waals surface area contributed by atoms with Crippen LogP contribution in [0.2, 0.25) is 0 Å². The van der Waals surface area contributed by atoms with Crippen molar-refractivity contribution in [3.63, 3.8) is 0 Å². The highest BCUT2D eigenvalue weighted by Gasteiger charge is 2.25. The number of rotatable bonds is 3. The number of nitrogens with zero attached hydrogens (tertiary/aromatic N) is 1. The van der Waals surface area contributed by atoms with E-state index in [1.807, 2.05) is 0 Å². The number of benzene rings is 1. The van der Waals surface area contributed by atoms with E-state index in [0.29, 0.717) is 24.8 Å². The molecule has 1 aromatic carbocycles. The molecule has 2 aliphatic rings. The first-order valence-electron chi connectivity index (χ1n) is 8.36. The van der Waals surface area contributed by atoms with Gasteiger partial charge in [-0.25, -0.2) is 8.42 Å². The molecule has 2 heterocycles. The Balaban J connectivity index is 1.61. The highest BCUT2D eigenvalue weighted by molar-refractivity contribution is 7.91. The fraction of sp³-hybridized carbons (Fsp3) is 0.529. The zero-order valence-corrected chi connectivity index (χ0v) is 14.3. The zero-order chi connectivity index (χ0) is 17.2. The highest BCUT2D eigenvalue weighted by atomic mass is 32.2. The van der Waals surface area contributed by atoms with Crippen molar-refractivity contribution in [2.24, 2.45) is 0 Å². The van der Waals surface area contributed by atoms with Crippen LogP contribution < -0.4 is 10.2 Å². The third-order valence-electron chi connectivity index (χ3n) is 4.65. The monoisotopic (exact) mass is 350 g/mol. The van der Waals surface area contributed by atoms with E-state index >= 15 is 0 Å². The summed E-state index contributed by atoms with van der Waals surface area (Å²) in [6.45, 7) is 0.723. The van der Waals surface area contributed by atoms with Crippen LogP contribution in [0.25, 0.3) is 0 Å². The summed E-state index contributed by atoms with van der Waals surface area (Å²) in [6, 6.07) is 6.93. The molecule has 7 heteroatoms. The second kappa shape index (κ2) is 6.93. The van der Waals surface area contributed by atoms with Crippen LogP contribution >= 0.6 is 0 Å². The lowest BCUT2D eigenvalue weighted by Gasteiger charge is -2.27. The molecule has 2 amide bonds. The van der Waals surface area contributed by atoms with E-state index in [1.54, 1.807) is 29.2 Å². The summed E-state index contributed by atoms with van der Waals surface area (Å²) in [6.07, 6.45) is 3.45. The molecule has 0 bridgehead atoms. The van der Waals surface area contributed by atoms with Gasteiger partial charge in [-0.2, -0.15) is 0 Å². The van der Waals surface area contributed by atoms with Gasteiger partial charge in [0.25, 0.3) is 5.91 Å². The summed E-state index contributed by atoms with van der Waals surface area (Å²) in [5.41, 5.74) is 1.34. The Hall–Kier alpha value is -1.89. The molecule has 2 fully saturated rings. The van der Waals surface area contributed by atoms with Crippen LogP contribution in [0.5, 0.6) is 0 Å². The molecule has 130 valence electrons. The van der Waals surface area contributed by atoms with Gasteiger partial charge in [-0.3, -0.25) is 9.59 Å². The van der Waals surface area contributed by atoms with E-state index in [0.717, 1.165) is 25.1 Å². The van der Waals surface area contributed by atoms with Crippen LogP contribution in [0.15, 0.2) is 24.3 Å². The quantitative estimate of drug-likeness (QED) is 0.896. The lowest BCUT2D eigenvalue weighted by atomic mass is 10.1. The topological polar surface area (TPSA) is 83.6 Å². The maximum absolute atomic E-state index is 12.3. The van der Waals surface area contributed by atoms with E-state index in [-0.39, 0.29) is 29.4 Å². The zero-order valence-electron chi connectivity index (χ0n) is 13.5. The van der Waals surface area contributed by atoms with Gasteiger partial charge in [-0.15, -0.1) is 0 Å².